The van der Waals surface area contributed by atoms with Gasteiger partial charge in [-0.25, -0.2) is 0 Å². The minimum atomic E-state index is -0.202. The second kappa shape index (κ2) is 3.94. The second-order valence-corrected chi connectivity index (χ2v) is 2.60. The van der Waals surface area contributed by atoms with Crippen molar-refractivity contribution in [2.24, 2.45) is 0 Å². The van der Waals surface area contributed by atoms with E-state index in [9.17, 15) is 4.79 Å². The first-order valence-electron chi connectivity index (χ1n) is 3.77. The predicted molar refractivity (Wildman–Crippen MR) is 39.4 cm³/mol. The van der Waals surface area contributed by atoms with Crippen LogP contribution in [-0.4, -0.2) is 18.5 Å². The number of nitrogens with one attached hydrogen (secondary N) is 2. The molecule has 0 saturated carbocycles. The summed E-state index contributed by atoms with van der Waals surface area (Å²) >= 11 is 0. The quantitative estimate of drug-likeness (QED) is 0.402. The van der Waals surface area contributed by atoms with Gasteiger partial charge in [-0.3, -0.25) is 10.1 Å². The molecule has 0 aromatic carbocycles. The third-order valence-corrected chi connectivity index (χ3v) is 1.81. The number of carbonyl (C=O) groups is 1. The lowest BCUT2D eigenvalue weighted by atomic mass is 10.0. The molecule has 0 bridgehead atoms. The Morgan fingerprint density at radius 3 is 3.00 bits per heavy atom. The zero-order chi connectivity index (χ0) is 8.10. The van der Waals surface area contributed by atoms with Crippen molar-refractivity contribution < 1.29 is 4.79 Å². The van der Waals surface area contributed by atoms with Crippen LogP contribution in [0.4, 0.5) is 0 Å². The van der Waals surface area contributed by atoms with Crippen molar-refractivity contribution in [1.82, 2.24) is 10.6 Å². The summed E-state index contributed by atoms with van der Waals surface area (Å²) in [5.41, 5.74) is 0. The van der Waals surface area contributed by atoms with E-state index >= 15 is 0 Å². The van der Waals surface area contributed by atoms with Crippen LogP contribution in [0.15, 0.2) is 0 Å². The molecule has 1 heterocycles. The minimum absolute atomic E-state index is 0.150. The molecule has 2 N–H and O–H groups in total. The number of hydrogen-bond acceptors (Lipinski definition) is 3. The average molecular weight is 153 g/mol. The first kappa shape index (κ1) is 8.02. The number of nitrogens with zero attached hydrogens (tertiary/aromatic N) is 1. The third-order valence-electron chi connectivity index (χ3n) is 1.81. The molecule has 0 aromatic heterocycles. The lowest BCUT2D eigenvalue weighted by Gasteiger charge is -2.20. The number of nitriles is 1. The molecule has 1 aliphatic rings. The van der Waals surface area contributed by atoms with Gasteiger partial charge in [-0.2, -0.15) is 5.26 Å². The highest BCUT2D eigenvalue weighted by Gasteiger charge is 2.19. The van der Waals surface area contributed by atoms with Crippen LogP contribution < -0.4 is 10.6 Å². The lowest BCUT2D eigenvalue weighted by Crippen LogP contribution is -2.45. The fraction of sp³-hybridized carbons (Fsp3) is 0.714. The Labute approximate surface area is 65.6 Å². The smallest absolute Gasteiger partial charge is 0.250 e. The van der Waals surface area contributed by atoms with Crippen LogP contribution in [0.5, 0.6) is 0 Å². The van der Waals surface area contributed by atoms with E-state index in [1.54, 1.807) is 6.19 Å². The molecule has 0 spiro atoms. The van der Waals surface area contributed by atoms with Crippen molar-refractivity contribution in [3.05, 3.63) is 0 Å². The SMILES string of the molecule is N#CNC(=O)[C@@H]1CCCCN1. The molecule has 0 radical (unpaired) electrons. The van der Waals surface area contributed by atoms with Crippen LogP contribution in [0.25, 0.3) is 0 Å². The largest absolute Gasteiger partial charge is 0.306 e. The molecule has 1 amide bonds. The summed E-state index contributed by atoms with van der Waals surface area (Å²) in [6, 6.07) is -0.150. The number of carbonyl (C=O) groups excluding carboxylic acids is 1. The fourth-order valence-electron chi connectivity index (χ4n) is 1.22. The molecule has 11 heavy (non-hydrogen) atoms. The van der Waals surface area contributed by atoms with Gasteiger partial charge in [0, 0.05) is 0 Å². The Morgan fingerprint density at radius 1 is 1.64 bits per heavy atom. The summed E-state index contributed by atoms with van der Waals surface area (Å²) in [6.07, 6.45) is 4.65. The number of rotatable bonds is 1. The Balaban J connectivity index is 2.34. The minimum Gasteiger partial charge on any atom is -0.306 e. The van der Waals surface area contributed by atoms with Crippen molar-refractivity contribution in [1.29, 1.82) is 5.26 Å². The van der Waals surface area contributed by atoms with Gasteiger partial charge in [-0.05, 0) is 19.4 Å². The molecule has 0 aromatic rings. The van der Waals surface area contributed by atoms with Crippen LogP contribution in [0.2, 0.25) is 0 Å². The van der Waals surface area contributed by atoms with Crippen molar-refractivity contribution in [2.45, 2.75) is 25.3 Å². The van der Waals surface area contributed by atoms with E-state index in [1.807, 2.05) is 0 Å². The van der Waals surface area contributed by atoms with Crippen LogP contribution in [0, 0.1) is 11.5 Å². The Hall–Kier alpha value is -1.08. The summed E-state index contributed by atoms with van der Waals surface area (Å²) in [6.45, 7) is 0.878. The van der Waals surface area contributed by atoms with Crippen molar-refractivity contribution in [3.8, 4) is 6.19 Å². The highest BCUT2D eigenvalue weighted by Crippen LogP contribution is 2.06. The molecule has 60 valence electrons. The zero-order valence-electron chi connectivity index (χ0n) is 6.26. The van der Waals surface area contributed by atoms with Gasteiger partial charge in [0.05, 0.1) is 6.04 Å². The number of piperidine rings is 1. The standard InChI is InChI=1S/C7H11N3O/c8-5-10-7(11)6-3-1-2-4-9-6/h6,9H,1-4H2,(H,10,11)/t6-/m0/s1. The average Bonchev–Trinajstić information content (AvgIpc) is 2.07. The maximum Gasteiger partial charge on any atom is 0.250 e. The number of amides is 1. The molecular weight excluding hydrogens is 142 g/mol. The van der Waals surface area contributed by atoms with Gasteiger partial charge in [-0.15, -0.1) is 0 Å². The molecule has 4 heteroatoms. The molecule has 1 saturated heterocycles. The van der Waals surface area contributed by atoms with Gasteiger partial charge < -0.3 is 5.32 Å². The molecular formula is C7H11N3O. The van der Waals surface area contributed by atoms with E-state index in [0.29, 0.717) is 0 Å². The fourth-order valence-corrected chi connectivity index (χ4v) is 1.22. The first-order chi connectivity index (χ1) is 5.34. The Morgan fingerprint density at radius 2 is 2.45 bits per heavy atom. The zero-order valence-corrected chi connectivity index (χ0v) is 6.26. The monoisotopic (exact) mass is 153 g/mol. The lowest BCUT2D eigenvalue weighted by molar-refractivity contribution is -0.122. The molecule has 1 aliphatic heterocycles. The normalized spacial score (nSPS) is 23.7. The van der Waals surface area contributed by atoms with Gasteiger partial charge in [-0.1, -0.05) is 6.42 Å². The summed E-state index contributed by atoms with van der Waals surface area (Å²) in [5.74, 6) is -0.202. The van der Waals surface area contributed by atoms with E-state index in [-0.39, 0.29) is 11.9 Å². The maximum atomic E-state index is 11.0. The Kier molecular flexibility index (Phi) is 2.87. The highest BCUT2D eigenvalue weighted by molar-refractivity contribution is 5.83. The second-order valence-electron chi connectivity index (χ2n) is 2.60. The van der Waals surface area contributed by atoms with Gasteiger partial charge >= 0.3 is 0 Å². The van der Waals surface area contributed by atoms with Crippen molar-refractivity contribution in [2.75, 3.05) is 6.54 Å². The Bertz CT molecular complexity index is 179. The highest BCUT2D eigenvalue weighted by atomic mass is 16.2. The summed E-state index contributed by atoms with van der Waals surface area (Å²) in [4.78, 5) is 11.0. The summed E-state index contributed by atoms with van der Waals surface area (Å²) in [5, 5.41) is 13.3. The number of hydrogen-bond donors (Lipinski definition) is 2. The molecule has 1 fully saturated rings. The molecule has 4 nitrogen and oxygen atoms in total. The maximum absolute atomic E-state index is 11.0. The van der Waals surface area contributed by atoms with Crippen molar-refractivity contribution >= 4 is 5.91 Å². The van der Waals surface area contributed by atoms with Gasteiger partial charge in [0.2, 0.25) is 5.91 Å². The van der Waals surface area contributed by atoms with Crippen LogP contribution in [0.1, 0.15) is 19.3 Å². The molecule has 1 rings (SSSR count). The predicted octanol–water partition coefficient (Wildman–Crippen LogP) is -0.274. The van der Waals surface area contributed by atoms with Gasteiger partial charge in [0.1, 0.15) is 0 Å². The summed E-state index contributed by atoms with van der Waals surface area (Å²) < 4.78 is 0. The van der Waals surface area contributed by atoms with E-state index in [2.05, 4.69) is 10.6 Å². The van der Waals surface area contributed by atoms with Crippen LogP contribution in [0.3, 0.4) is 0 Å². The first-order valence-corrected chi connectivity index (χ1v) is 3.77. The third kappa shape index (κ3) is 2.20. The molecule has 0 aliphatic carbocycles. The van der Waals surface area contributed by atoms with E-state index in [0.717, 1.165) is 25.8 Å². The van der Waals surface area contributed by atoms with E-state index in [4.69, 9.17) is 5.26 Å². The summed E-state index contributed by atoms with van der Waals surface area (Å²) in [7, 11) is 0. The molecule has 0 unspecified atom stereocenters. The topological polar surface area (TPSA) is 64.9 Å². The van der Waals surface area contributed by atoms with Gasteiger partial charge in [0.15, 0.2) is 6.19 Å². The van der Waals surface area contributed by atoms with E-state index in [1.165, 1.54) is 0 Å². The van der Waals surface area contributed by atoms with Crippen LogP contribution in [-0.2, 0) is 4.79 Å². The van der Waals surface area contributed by atoms with Crippen molar-refractivity contribution in [3.63, 3.8) is 0 Å². The van der Waals surface area contributed by atoms with Crippen LogP contribution >= 0.6 is 0 Å². The van der Waals surface area contributed by atoms with E-state index < -0.39 is 0 Å². The van der Waals surface area contributed by atoms with Gasteiger partial charge in [0.25, 0.3) is 0 Å². The molecule has 1 atom stereocenters.